The predicted molar refractivity (Wildman–Crippen MR) is 107 cm³/mol. The maximum atomic E-state index is 12.7. The Hall–Kier alpha value is -3.35. The third-order valence-electron chi connectivity index (χ3n) is 5.12. The molecule has 1 aromatic heterocycles. The van der Waals surface area contributed by atoms with Gasteiger partial charge >= 0.3 is 0 Å². The van der Waals surface area contributed by atoms with Crippen LogP contribution < -0.4 is 9.47 Å². The summed E-state index contributed by atoms with van der Waals surface area (Å²) in [6, 6.07) is 13.6. The van der Waals surface area contributed by atoms with Crippen LogP contribution in [0.1, 0.15) is 23.4 Å². The topological polar surface area (TPSA) is 77.7 Å². The maximum absolute atomic E-state index is 12.7. The molecule has 0 bridgehead atoms. The second-order valence-corrected chi connectivity index (χ2v) is 6.92. The molecular weight excluding hydrogens is 370 g/mol. The number of ether oxygens (including phenoxy) is 2. The highest BCUT2D eigenvalue weighted by Crippen LogP contribution is 2.33. The number of benzene rings is 2. The van der Waals surface area contributed by atoms with Crippen molar-refractivity contribution in [3.8, 4) is 22.9 Å². The van der Waals surface area contributed by atoms with Crippen LogP contribution in [-0.4, -0.2) is 41.7 Å². The van der Waals surface area contributed by atoms with Gasteiger partial charge in [-0.1, -0.05) is 35.5 Å². The summed E-state index contributed by atoms with van der Waals surface area (Å²) in [5.74, 6) is 2.49. The number of nitrogens with zero attached hydrogens (tertiary/aromatic N) is 3. The van der Waals surface area contributed by atoms with Crippen molar-refractivity contribution in [2.75, 3.05) is 20.8 Å². The number of aromatic nitrogens is 2. The van der Waals surface area contributed by atoms with Gasteiger partial charge in [-0.3, -0.25) is 4.79 Å². The van der Waals surface area contributed by atoms with E-state index in [2.05, 4.69) is 10.1 Å². The van der Waals surface area contributed by atoms with Crippen LogP contribution in [0, 0.1) is 0 Å². The van der Waals surface area contributed by atoms with Crippen molar-refractivity contribution >= 4 is 5.91 Å². The van der Waals surface area contributed by atoms with Crippen LogP contribution in [-0.2, 0) is 24.2 Å². The average Bonchev–Trinajstić information content (AvgIpc) is 3.25. The smallest absolute Gasteiger partial charge is 0.227 e. The van der Waals surface area contributed by atoms with Crippen LogP contribution in [0.25, 0.3) is 11.4 Å². The minimum Gasteiger partial charge on any atom is -0.493 e. The Bertz CT molecular complexity index is 1000. The van der Waals surface area contributed by atoms with E-state index in [9.17, 15) is 4.79 Å². The number of carbonyl (C=O) groups is 1. The van der Waals surface area contributed by atoms with Crippen LogP contribution in [0.2, 0.25) is 0 Å². The molecule has 0 radical (unpaired) electrons. The maximum Gasteiger partial charge on any atom is 0.227 e. The molecule has 0 saturated heterocycles. The standard InChI is InChI=1S/C22H23N3O4/c1-27-18-12-16-10-11-25(14-17(16)13-19(18)28-2)21(26)9-8-20-23-22(24-29-20)15-6-4-3-5-7-15/h3-7,12-13H,8-11,14H2,1-2H3. The molecule has 0 unspecified atom stereocenters. The Balaban J connectivity index is 1.38. The van der Waals surface area contributed by atoms with Gasteiger partial charge in [-0.2, -0.15) is 4.98 Å². The highest BCUT2D eigenvalue weighted by atomic mass is 16.5. The molecule has 3 aromatic rings. The van der Waals surface area contributed by atoms with E-state index in [1.807, 2.05) is 47.4 Å². The Morgan fingerprint density at radius 2 is 1.83 bits per heavy atom. The molecule has 150 valence electrons. The van der Waals surface area contributed by atoms with Gasteiger partial charge in [0.25, 0.3) is 0 Å². The normalized spacial score (nSPS) is 13.1. The number of hydrogen-bond donors (Lipinski definition) is 0. The molecule has 0 spiro atoms. The summed E-state index contributed by atoms with van der Waals surface area (Å²) < 4.78 is 16.1. The van der Waals surface area contributed by atoms with Gasteiger partial charge in [0.15, 0.2) is 11.5 Å². The highest BCUT2D eigenvalue weighted by Gasteiger charge is 2.23. The highest BCUT2D eigenvalue weighted by molar-refractivity contribution is 5.76. The number of carbonyl (C=O) groups excluding carboxylic acids is 1. The second kappa shape index (κ2) is 8.34. The molecule has 4 rings (SSSR count). The summed E-state index contributed by atoms with van der Waals surface area (Å²) in [7, 11) is 3.24. The van der Waals surface area contributed by atoms with Gasteiger partial charge < -0.3 is 18.9 Å². The number of methoxy groups -OCH3 is 2. The summed E-state index contributed by atoms with van der Waals surface area (Å²) in [4.78, 5) is 19.0. The van der Waals surface area contributed by atoms with Crippen molar-refractivity contribution in [2.24, 2.45) is 0 Å². The zero-order valence-electron chi connectivity index (χ0n) is 16.6. The van der Waals surface area contributed by atoms with E-state index in [4.69, 9.17) is 14.0 Å². The summed E-state index contributed by atoms with van der Waals surface area (Å²) in [5.41, 5.74) is 3.17. The second-order valence-electron chi connectivity index (χ2n) is 6.92. The van der Waals surface area contributed by atoms with Crippen molar-refractivity contribution in [3.63, 3.8) is 0 Å². The fraction of sp³-hybridized carbons (Fsp3) is 0.318. The Labute approximate surface area is 169 Å². The monoisotopic (exact) mass is 393 g/mol. The molecule has 1 aliphatic heterocycles. The molecule has 0 atom stereocenters. The van der Waals surface area contributed by atoms with E-state index >= 15 is 0 Å². The van der Waals surface area contributed by atoms with Crippen LogP contribution in [0.3, 0.4) is 0 Å². The largest absolute Gasteiger partial charge is 0.493 e. The van der Waals surface area contributed by atoms with E-state index < -0.39 is 0 Å². The molecule has 0 fully saturated rings. The van der Waals surface area contributed by atoms with Crippen LogP contribution in [0.15, 0.2) is 47.0 Å². The minimum atomic E-state index is 0.0740. The van der Waals surface area contributed by atoms with Crippen molar-refractivity contribution in [2.45, 2.75) is 25.8 Å². The molecule has 29 heavy (non-hydrogen) atoms. The van der Waals surface area contributed by atoms with E-state index in [0.29, 0.717) is 43.4 Å². The first-order valence-electron chi connectivity index (χ1n) is 9.57. The molecule has 1 aliphatic rings. The SMILES string of the molecule is COc1cc2c(cc1OC)CN(C(=O)CCc1nc(-c3ccccc3)no1)CC2. The predicted octanol–water partition coefficient (Wildman–Crippen LogP) is 3.27. The molecule has 2 heterocycles. The van der Waals surface area contributed by atoms with Gasteiger partial charge in [0.1, 0.15) is 0 Å². The third-order valence-corrected chi connectivity index (χ3v) is 5.12. The van der Waals surface area contributed by atoms with Crippen LogP contribution >= 0.6 is 0 Å². The fourth-order valence-corrected chi connectivity index (χ4v) is 3.53. The van der Waals surface area contributed by atoms with Gasteiger partial charge in [0.05, 0.1) is 14.2 Å². The quantitative estimate of drug-likeness (QED) is 0.640. The number of hydrogen-bond acceptors (Lipinski definition) is 6. The van der Waals surface area contributed by atoms with Gasteiger partial charge in [-0.25, -0.2) is 0 Å². The first-order chi connectivity index (χ1) is 14.2. The summed E-state index contributed by atoms with van der Waals surface area (Å²) in [5, 5.41) is 4.01. The number of amides is 1. The van der Waals surface area contributed by atoms with Crippen LogP contribution in [0.5, 0.6) is 11.5 Å². The van der Waals surface area contributed by atoms with E-state index in [0.717, 1.165) is 23.3 Å². The van der Waals surface area contributed by atoms with Gasteiger partial charge in [-0.15, -0.1) is 0 Å². The number of rotatable bonds is 6. The van der Waals surface area contributed by atoms with E-state index in [-0.39, 0.29) is 5.91 Å². The van der Waals surface area contributed by atoms with Crippen molar-refractivity contribution in [3.05, 3.63) is 59.5 Å². The number of aryl methyl sites for hydroxylation is 1. The Morgan fingerprint density at radius 3 is 2.55 bits per heavy atom. The number of fused-ring (bicyclic) bond motifs is 1. The van der Waals surface area contributed by atoms with E-state index in [1.165, 1.54) is 5.56 Å². The van der Waals surface area contributed by atoms with Gasteiger partial charge in [0, 0.05) is 31.5 Å². The van der Waals surface area contributed by atoms with Crippen LogP contribution in [0.4, 0.5) is 0 Å². The first kappa shape index (κ1) is 19.0. The van der Waals surface area contributed by atoms with E-state index in [1.54, 1.807) is 14.2 Å². The average molecular weight is 393 g/mol. The third kappa shape index (κ3) is 4.08. The zero-order chi connectivity index (χ0) is 20.2. The molecule has 0 N–H and O–H groups in total. The van der Waals surface area contributed by atoms with Gasteiger partial charge in [-0.05, 0) is 29.7 Å². The Morgan fingerprint density at radius 1 is 1.10 bits per heavy atom. The molecular formula is C22H23N3O4. The molecule has 2 aromatic carbocycles. The molecule has 1 amide bonds. The molecule has 0 aliphatic carbocycles. The summed E-state index contributed by atoms with van der Waals surface area (Å²) in [6.07, 6.45) is 1.55. The lowest BCUT2D eigenvalue weighted by molar-refractivity contribution is -0.132. The minimum absolute atomic E-state index is 0.0740. The lowest BCUT2D eigenvalue weighted by Crippen LogP contribution is -2.36. The lowest BCUT2D eigenvalue weighted by atomic mass is 9.98. The lowest BCUT2D eigenvalue weighted by Gasteiger charge is -2.29. The van der Waals surface area contributed by atoms with Gasteiger partial charge in [0.2, 0.25) is 17.6 Å². The molecule has 0 saturated carbocycles. The molecule has 7 heteroatoms. The summed E-state index contributed by atoms with van der Waals surface area (Å²) >= 11 is 0. The fourth-order valence-electron chi connectivity index (χ4n) is 3.53. The molecule has 7 nitrogen and oxygen atoms in total. The van der Waals surface area contributed by atoms with Crippen molar-refractivity contribution in [1.82, 2.24) is 15.0 Å². The summed E-state index contributed by atoms with van der Waals surface area (Å²) in [6.45, 7) is 1.24. The van der Waals surface area contributed by atoms with Crippen molar-refractivity contribution in [1.29, 1.82) is 0 Å². The zero-order valence-corrected chi connectivity index (χ0v) is 16.6. The van der Waals surface area contributed by atoms with Crippen molar-refractivity contribution < 1.29 is 18.8 Å². The Kier molecular flexibility index (Phi) is 5.46. The first-order valence-corrected chi connectivity index (χ1v) is 9.57.